The molecule has 0 amide bonds. The highest BCUT2D eigenvalue weighted by atomic mass is 35.5. The number of rotatable bonds is 4. The van der Waals surface area contributed by atoms with Crippen molar-refractivity contribution in [1.29, 1.82) is 0 Å². The molecule has 0 saturated carbocycles. The highest BCUT2D eigenvalue weighted by molar-refractivity contribution is 7.10. The van der Waals surface area contributed by atoms with Gasteiger partial charge in [0.15, 0.2) is 0 Å². The third kappa shape index (κ3) is 3.96. The van der Waals surface area contributed by atoms with Crippen molar-refractivity contribution in [3.05, 3.63) is 21.3 Å². The molecule has 1 saturated heterocycles. The Balaban J connectivity index is 1.87. The van der Waals surface area contributed by atoms with Gasteiger partial charge < -0.3 is 9.84 Å². The molecular formula is C11H14ClNO3S. The molecule has 0 aromatic carbocycles. The molecule has 6 heteroatoms. The van der Waals surface area contributed by atoms with E-state index in [0.717, 1.165) is 18.1 Å². The van der Waals surface area contributed by atoms with E-state index in [4.69, 9.17) is 21.4 Å². The molecule has 0 spiro atoms. The van der Waals surface area contributed by atoms with E-state index >= 15 is 0 Å². The topological polar surface area (TPSA) is 49.8 Å². The molecule has 2 rings (SSSR count). The van der Waals surface area contributed by atoms with Crippen LogP contribution in [-0.2, 0) is 16.1 Å². The third-order valence-electron chi connectivity index (χ3n) is 2.63. The first-order valence-corrected chi connectivity index (χ1v) is 6.68. The van der Waals surface area contributed by atoms with Crippen LogP contribution in [0.4, 0.5) is 0 Å². The SMILES string of the molecule is O=C(O)CC1CN(Cc2cc(Cl)cs2)CCO1. The Morgan fingerprint density at radius 2 is 2.53 bits per heavy atom. The Labute approximate surface area is 109 Å². The van der Waals surface area contributed by atoms with Crippen LogP contribution >= 0.6 is 22.9 Å². The number of carbonyl (C=O) groups is 1. The summed E-state index contributed by atoms with van der Waals surface area (Å²) in [5, 5.41) is 11.4. The number of hydrogen-bond donors (Lipinski definition) is 1. The normalized spacial score (nSPS) is 21.6. The maximum Gasteiger partial charge on any atom is 0.306 e. The highest BCUT2D eigenvalue weighted by Gasteiger charge is 2.22. The number of morpholine rings is 1. The van der Waals surface area contributed by atoms with Crippen molar-refractivity contribution in [3.63, 3.8) is 0 Å². The summed E-state index contributed by atoms with van der Waals surface area (Å²) in [6.45, 7) is 2.92. The molecular weight excluding hydrogens is 262 g/mol. The van der Waals surface area contributed by atoms with Gasteiger partial charge in [0, 0.05) is 29.9 Å². The quantitative estimate of drug-likeness (QED) is 0.914. The summed E-state index contributed by atoms with van der Waals surface area (Å²) in [5.41, 5.74) is 0. The number of aliphatic carboxylic acids is 1. The first-order valence-electron chi connectivity index (χ1n) is 5.42. The lowest BCUT2D eigenvalue weighted by atomic mass is 10.2. The maximum absolute atomic E-state index is 10.6. The molecule has 17 heavy (non-hydrogen) atoms. The number of carboxylic acids is 1. The van der Waals surface area contributed by atoms with Crippen LogP contribution in [0.3, 0.4) is 0 Å². The second kappa shape index (κ2) is 5.82. The predicted molar refractivity (Wildman–Crippen MR) is 66.6 cm³/mol. The Kier molecular flexibility index (Phi) is 4.39. The first-order chi connectivity index (χ1) is 8.13. The van der Waals surface area contributed by atoms with Gasteiger partial charge in [-0.25, -0.2) is 0 Å². The zero-order valence-corrected chi connectivity index (χ0v) is 10.8. The molecule has 1 aliphatic heterocycles. The van der Waals surface area contributed by atoms with E-state index in [1.54, 1.807) is 11.3 Å². The number of ether oxygens (including phenoxy) is 1. The van der Waals surface area contributed by atoms with Crippen LogP contribution in [0, 0.1) is 0 Å². The molecule has 0 aliphatic carbocycles. The first kappa shape index (κ1) is 12.8. The molecule has 0 bridgehead atoms. The molecule has 2 heterocycles. The van der Waals surface area contributed by atoms with Crippen molar-refractivity contribution in [2.24, 2.45) is 0 Å². The van der Waals surface area contributed by atoms with E-state index in [9.17, 15) is 4.79 Å². The summed E-state index contributed by atoms with van der Waals surface area (Å²) in [5.74, 6) is -0.809. The molecule has 94 valence electrons. The fourth-order valence-electron chi connectivity index (χ4n) is 1.90. The van der Waals surface area contributed by atoms with E-state index in [2.05, 4.69) is 4.90 Å². The predicted octanol–water partition coefficient (Wildman–Crippen LogP) is 2.08. The fraction of sp³-hybridized carbons (Fsp3) is 0.545. The zero-order valence-electron chi connectivity index (χ0n) is 9.26. The van der Waals surface area contributed by atoms with Gasteiger partial charge in [0.2, 0.25) is 0 Å². The summed E-state index contributed by atoms with van der Waals surface area (Å²) >= 11 is 7.49. The summed E-state index contributed by atoms with van der Waals surface area (Å²) in [6, 6.07) is 1.95. The van der Waals surface area contributed by atoms with Crippen molar-refractivity contribution in [1.82, 2.24) is 4.90 Å². The average Bonchev–Trinajstić information content (AvgIpc) is 2.63. The Morgan fingerprint density at radius 3 is 3.18 bits per heavy atom. The standard InChI is InChI=1S/C11H14ClNO3S/c12-8-3-10(17-7-8)6-13-1-2-16-9(5-13)4-11(14)15/h3,7,9H,1-2,4-6H2,(H,14,15). The van der Waals surface area contributed by atoms with Gasteiger partial charge in [-0.3, -0.25) is 9.69 Å². The lowest BCUT2D eigenvalue weighted by molar-refractivity contribution is -0.142. The van der Waals surface area contributed by atoms with Gasteiger partial charge in [-0.15, -0.1) is 11.3 Å². The van der Waals surface area contributed by atoms with Crippen LogP contribution < -0.4 is 0 Å². The Morgan fingerprint density at radius 1 is 1.71 bits per heavy atom. The average molecular weight is 276 g/mol. The van der Waals surface area contributed by atoms with Crippen molar-refractivity contribution in [3.8, 4) is 0 Å². The van der Waals surface area contributed by atoms with Gasteiger partial charge in [-0.05, 0) is 6.07 Å². The summed E-state index contributed by atoms with van der Waals surface area (Å²) in [6.07, 6.45) is -0.126. The van der Waals surface area contributed by atoms with Crippen molar-refractivity contribution < 1.29 is 14.6 Å². The summed E-state index contributed by atoms with van der Waals surface area (Å²) in [4.78, 5) is 14.0. The van der Waals surface area contributed by atoms with Crippen molar-refractivity contribution in [2.45, 2.75) is 19.1 Å². The molecule has 4 nitrogen and oxygen atoms in total. The van der Waals surface area contributed by atoms with E-state index in [-0.39, 0.29) is 12.5 Å². The van der Waals surface area contributed by atoms with E-state index in [0.29, 0.717) is 13.2 Å². The number of halogens is 1. The number of carboxylic acid groups (broad SMARTS) is 1. The molecule has 1 fully saturated rings. The molecule has 1 N–H and O–H groups in total. The highest BCUT2D eigenvalue weighted by Crippen LogP contribution is 2.21. The number of hydrogen-bond acceptors (Lipinski definition) is 4. The van der Waals surface area contributed by atoms with Gasteiger partial charge in [-0.2, -0.15) is 0 Å². The van der Waals surface area contributed by atoms with Gasteiger partial charge in [0.25, 0.3) is 0 Å². The number of thiophene rings is 1. The molecule has 1 unspecified atom stereocenters. The van der Waals surface area contributed by atoms with Crippen LogP contribution in [0.2, 0.25) is 5.02 Å². The Bertz CT molecular complexity index is 396. The molecule has 1 aromatic heterocycles. The molecule has 1 aliphatic rings. The van der Waals surface area contributed by atoms with Crippen LogP contribution in [0.25, 0.3) is 0 Å². The molecule has 1 atom stereocenters. The van der Waals surface area contributed by atoms with E-state index < -0.39 is 5.97 Å². The minimum absolute atomic E-state index is 0.0711. The minimum Gasteiger partial charge on any atom is -0.481 e. The molecule has 0 radical (unpaired) electrons. The Hall–Kier alpha value is -0.620. The van der Waals surface area contributed by atoms with Gasteiger partial charge in [0.05, 0.1) is 24.2 Å². The maximum atomic E-state index is 10.6. The van der Waals surface area contributed by atoms with E-state index in [1.807, 2.05) is 11.4 Å². The number of nitrogens with zero attached hydrogens (tertiary/aromatic N) is 1. The third-order valence-corrected chi connectivity index (χ3v) is 3.90. The summed E-state index contributed by atoms with van der Waals surface area (Å²) < 4.78 is 5.42. The lowest BCUT2D eigenvalue weighted by Crippen LogP contribution is -2.42. The summed E-state index contributed by atoms with van der Waals surface area (Å²) in [7, 11) is 0. The van der Waals surface area contributed by atoms with Crippen molar-refractivity contribution >= 4 is 28.9 Å². The lowest BCUT2D eigenvalue weighted by Gasteiger charge is -2.31. The molecule has 1 aromatic rings. The van der Waals surface area contributed by atoms with Crippen LogP contribution in [0.5, 0.6) is 0 Å². The monoisotopic (exact) mass is 275 g/mol. The van der Waals surface area contributed by atoms with Crippen molar-refractivity contribution in [2.75, 3.05) is 19.7 Å². The second-order valence-electron chi connectivity index (χ2n) is 4.06. The zero-order chi connectivity index (χ0) is 12.3. The van der Waals surface area contributed by atoms with Crippen LogP contribution in [0.15, 0.2) is 11.4 Å². The van der Waals surface area contributed by atoms with Gasteiger partial charge >= 0.3 is 5.97 Å². The smallest absolute Gasteiger partial charge is 0.306 e. The van der Waals surface area contributed by atoms with Crippen LogP contribution in [-0.4, -0.2) is 41.8 Å². The van der Waals surface area contributed by atoms with Gasteiger partial charge in [-0.1, -0.05) is 11.6 Å². The second-order valence-corrected chi connectivity index (χ2v) is 5.49. The minimum atomic E-state index is -0.809. The fourth-order valence-corrected chi connectivity index (χ4v) is 3.01. The van der Waals surface area contributed by atoms with E-state index in [1.165, 1.54) is 4.88 Å². The largest absolute Gasteiger partial charge is 0.481 e. The van der Waals surface area contributed by atoms with Gasteiger partial charge in [0.1, 0.15) is 0 Å². The van der Waals surface area contributed by atoms with Crippen LogP contribution in [0.1, 0.15) is 11.3 Å².